The maximum absolute atomic E-state index is 10.6. The van der Waals surface area contributed by atoms with Crippen molar-refractivity contribution in [2.75, 3.05) is 0 Å². The van der Waals surface area contributed by atoms with Crippen molar-refractivity contribution in [3.63, 3.8) is 0 Å². The molecule has 0 saturated carbocycles. The molecule has 80 valence electrons. The maximum atomic E-state index is 10.6. The highest BCUT2D eigenvalue weighted by molar-refractivity contribution is 7.80. The minimum Gasteiger partial charge on any atom is -0.298 e. The SMILES string of the molecule is O=Cc1ccc(Cc2ccccc2)cc1S. The van der Waals surface area contributed by atoms with E-state index in [4.69, 9.17) is 0 Å². The summed E-state index contributed by atoms with van der Waals surface area (Å²) in [6, 6.07) is 16.0. The van der Waals surface area contributed by atoms with E-state index in [1.165, 1.54) is 11.1 Å². The Labute approximate surface area is 101 Å². The van der Waals surface area contributed by atoms with Crippen LogP contribution in [-0.2, 0) is 6.42 Å². The predicted octanol–water partition coefficient (Wildman–Crippen LogP) is 3.38. The summed E-state index contributed by atoms with van der Waals surface area (Å²) in [5.41, 5.74) is 3.07. The van der Waals surface area contributed by atoms with Gasteiger partial charge in [-0.05, 0) is 23.6 Å². The van der Waals surface area contributed by atoms with Crippen molar-refractivity contribution in [1.82, 2.24) is 0 Å². The van der Waals surface area contributed by atoms with E-state index in [1.54, 1.807) is 0 Å². The second-order valence-electron chi connectivity index (χ2n) is 3.67. The lowest BCUT2D eigenvalue weighted by Gasteiger charge is -2.04. The lowest BCUT2D eigenvalue weighted by Crippen LogP contribution is -1.90. The number of benzene rings is 2. The molecule has 0 aliphatic heterocycles. The van der Waals surface area contributed by atoms with Crippen LogP contribution in [0.1, 0.15) is 21.5 Å². The van der Waals surface area contributed by atoms with E-state index in [0.29, 0.717) is 5.56 Å². The van der Waals surface area contributed by atoms with Gasteiger partial charge in [-0.2, -0.15) is 0 Å². The van der Waals surface area contributed by atoms with Crippen LogP contribution in [0.4, 0.5) is 0 Å². The van der Waals surface area contributed by atoms with Gasteiger partial charge in [-0.25, -0.2) is 0 Å². The molecule has 0 aromatic heterocycles. The molecule has 0 N–H and O–H groups in total. The van der Waals surface area contributed by atoms with Crippen LogP contribution in [0.2, 0.25) is 0 Å². The standard InChI is InChI=1S/C14H12OS/c15-10-13-7-6-12(9-14(13)16)8-11-4-2-1-3-5-11/h1-7,9-10,16H,8H2. The Morgan fingerprint density at radius 3 is 2.38 bits per heavy atom. The van der Waals surface area contributed by atoms with E-state index in [1.807, 2.05) is 36.4 Å². The first-order chi connectivity index (χ1) is 7.79. The predicted molar refractivity (Wildman–Crippen MR) is 68.3 cm³/mol. The minimum atomic E-state index is 0.639. The molecule has 2 aromatic rings. The normalized spacial score (nSPS) is 10.1. The van der Waals surface area contributed by atoms with Crippen molar-refractivity contribution >= 4 is 18.9 Å². The molecule has 0 amide bonds. The van der Waals surface area contributed by atoms with Crippen molar-refractivity contribution in [3.8, 4) is 0 Å². The first kappa shape index (κ1) is 11.0. The summed E-state index contributed by atoms with van der Waals surface area (Å²) in [6.07, 6.45) is 1.70. The van der Waals surface area contributed by atoms with E-state index in [0.717, 1.165) is 17.6 Å². The molecule has 0 atom stereocenters. The van der Waals surface area contributed by atoms with Crippen LogP contribution in [0.3, 0.4) is 0 Å². The van der Waals surface area contributed by atoms with Gasteiger partial charge in [0.15, 0.2) is 6.29 Å². The lowest BCUT2D eigenvalue weighted by molar-refractivity contribution is 0.112. The van der Waals surface area contributed by atoms with Crippen LogP contribution in [0, 0.1) is 0 Å². The second-order valence-corrected chi connectivity index (χ2v) is 4.16. The van der Waals surface area contributed by atoms with Gasteiger partial charge in [0.1, 0.15) is 0 Å². The topological polar surface area (TPSA) is 17.1 Å². The fourth-order valence-electron chi connectivity index (χ4n) is 1.63. The van der Waals surface area contributed by atoms with Crippen LogP contribution in [0.15, 0.2) is 53.4 Å². The Bertz CT molecular complexity index is 491. The molecule has 0 aliphatic carbocycles. The summed E-state index contributed by atoms with van der Waals surface area (Å²) in [7, 11) is 0. The average Bonchev–Trinajstić information content (AvgIpc) is 2.31. The molecule has 0 fully saturated rings. The number of hydrogen-bond acceptors (Lipinski definition) is 2. The highest BCUT2D eigenvalue weighted by atomic mass is 32.1. The van der Waals surface area contributed by atoms with E-state index in [-0.39, 0.29) is 0 Å². The van der Waals surface area contributed by atoms with E-state index in [2.05, 4.69) is 24.8 Å². The molecule has 0 heterocycles. The van der Waals surface area contributed by atoms with Gasteiger partial charge < -0.3 is 0 Å². The number of carbonyl (C=O) groups is 1. The zero-order valence-corrected chi connectivity index (χ0v) is 9.65. The molecule has 2 aromatic carbocycles. The highest BCUT2D eigenvalue weighted by Crippen LogP contribution is 2.17. The number of carbonyl (C=O) groups excluding carboxylic acids is 1. The molecule has 0 spiro atoms. The van der Waals surface area contributed by atoms with Gasteiger partial charge >= 0.3 is 0 Å². The Balaban J connectivity index is 2.23. The Morgan fingerprint density at radius 2 is 1.75 bits per heavy atom. The molecule has 0 radical (unpaired) electrons. The van der Waals surface area contributed by atoms with E-state index >= 15 is 0 Å². The molecule has 0 aliphatic rings. The third-order valence-corrected chi connectivity index (χ3v) is 2.86. The first-order valence-corrected chi connectivity index (χ1v) is 5.55. The molecule has 16 heavy (non-hydrogen) atoms. The van der Waals surface area contributed by atoms with Gasteiger partial charge in [-0.15, -0.1) is 12.6 Å². The summed E-state index contributed by atoms with van der Waals surface area (Å²) in [6.45, 7) is 0. The minimum absolute atomic E-state index is 0.639. The van der Waals surface area contributed by atoms with Crippen LogP contribution in [0.5, 0.6) is 0 Å². The van der Waals surface area contributed by atoms with Crippen LogP contribution < -0.4 is 0 Å². The monoisotopic (exact) mass is 228 g/mol. The maximum Gasteiger partial charge on any atom is 0.151 e. The van der Waals surface area contributed by atoms with Crippen molar-refractivity contribution < 1.29 is 4.79 Å². The summed E-state index contributed by atoms with van der Waals surface area (Å²) < 4.78 is 0. The van der Waals surface area contributed by atoms with Gasteiger partial charge in [0, 0.05) is 10.5 Å². The van der Waals surface area contributed by atoms with Gasteiger partial charge in [0.25, 0.3) is 0 Å². The van der Waals surface area contributed by atoms with E-state index < -0.39 is 0 Å². The summed E-state index contributed by atoms with van der Waals surface area (Å²) >= 11 is 4.28. The van der Waals surface area contributed by atoms with Crippen LogP contribution >= 0.6 is 12.6 Å². The van der Waals surface area contributed by atoms with Gasteiger partial charge in [0.2, 0.25) is 0 Å². The summed E-state index contributed by atoms with van der Waals surface area (Å²) in [5, 5.41) is 0. The number of rotatable bonds is 3. The molecule has 1 nitrogen and oxygen atoms in total. The molecule has 2 rings (SSSR count). The largest absolute Gasteiger partial charge is 0.298 e. The van der Waals surface area contributed by atoms with Crippen LogP contribution in [-0.4, -0.2) is 6.29 Å². The average molecular weight is 228 g/mol. The smallest absolute Gasteiger partial charge is 0.151 e. The molecule has 2 heteroatoms. The third kappa shape index (κ3) is 2.52. The molecule has 0 saturated heterocycles. The second kappa shape index (κ2) is 4.99. The third-order valence-electron chi connectivity index (χ3n) is 2.47. The molecule has 0 unspecified atom stereocenters. The zero-order chi connectivity index (χ0) is 11.4. The van der Waals surface area contributed by atoms with Crippen molar-refractivity contribution in [2.24, 2.45) is 0 Å². The van der Waals surface area contributed by atoms with Crippen molar-refractivity contribution in [3.05, 3.63) is 65.2 Å². The fourth-order valence-corrected chi connectivity index (χ4v) is 1.92. The Hall–Kier alpha value is -1.54. The summed E-state index contributed by atoms with van der Waals surface area (Å²) in [4.78, 5) is 11.4. The van der Waals surface area contributed by atoms with Gasteiger partial charge in [-0.1, -0.05) is 42.5 Å². The Morgan fingerprint density at radius 1 is 1.00 bits per heavy atom. The highest BCUT2D eigenvalue weighted by Gasteiger charge is 2.00. The molecular weight excluding hydrogens is 216 g/mol. The molecule has 0 bridgehead atoms. The Kier molecular flexibility index (Phi) is 3.42. The van der Waals surface area contributed by atoms with Crippen LogP contribution in [0.25, 0.3) is 0 Å². The van der Waals surface area contributed by atoms with Gasteiger partial charge in [0.05, 0.1) is 0 Å². The zero-order valence-electron chi connectivity index (χ0n) is 8.76. The quantitative estimate of drug-likeness (QED) is 0.629. The number of aldehydes is 1. The number of thiol groups is 1. The molecular formula is C14H12OS. The van der Waals surface area contributed by atoms with Crippen molar-refractivity contribution in [1.29, 1.82) is 0 Å². The summed E-state index contributed by atoms with van der Waals surface area (Å²) in [5.74, 6) is 0. The van der Waals surface area contributed by atoms with E-state index in [9.17, 15) is 4.79 Å². The number of hydrogen-bond donors (Lipinski definition) is 1. The van der Waals surface area contributed by atoms with Crippen molar-refractivity contribution in [2.45, 2.75) is 11.3 Å². The fraction of sp³-hybridized carbons (Fsp3) is 0.0714. The lowest BCUT2D eigenvalue weighted by atomic mass is 10.0. The first-order valence-electron chi connectivity index (χ1n) is 5.10. The van der Waals surface area contributed by atoms with Gasteiger partial charge in [-0.3, -0.25) is 4.79 Å².